The number of ether oxygens (including phenoxy) is 1. The van der Waals surface area contributed by atoms with E-state index in [9.17, 15) is 18.0 Å². The quantitative estimate of drug-likeness (QED) is 0.317. The SMILES string of the molecule is CN(C(=S)N(c1ccc(Oc2cccnc2)cc1)C1(C=O)CCC1)c1cnc(C#N)c(C(F)(F)F)c1. The van der Waals surface area contributed by atoms with Crippen molar-refractivity contribution in [1.82, 2.24) is 9.97 Å². The van der Waals surface area contributed by atoms with Crippen LogP contribution in [0.5, 0.6) is 11.5 Å². The molecule has 1 aliphatic carbocycles. The van der Waals surface area contributed by atoms with Gasteiger partial charge in [0.25, 0.3) is 0 Å². The maximum atomic E-state index is 13.5. The summed E-state index contributed by atoms with van der Waals surface area (Å²) in [4.78, 5) is 22.9. The summed E-state index contributed by atoms with van der Waals surface area (Å²) in [5.41, 5.74) is -2.20. The van der Waals surface area contributed by atoms with Gasteiger partial charge in [-0.25, -0.2) is 4.98 Å². The number of nitriles is 1. The Morgan fingerprint density at radius 1 is 1.17 bits per heavy atom. The van der Waals surface area contributed by atoms with Crippen LogP contribution in [0.25, 0.3) is 0 Å². The van der Waals surface area contributed by atoms with Gasteiger partial charge in [-0.15, -0.1) is 0 Å². The highest BCUT2D eigenvalue weighted by molar-refractivity contribution is 7.80. The molecule has 4 rings (SSSR count). The fourth-order valence-corrected chi connectivity index (χ4v) is 4.29. The number of anilines is 2. The first-order valence-corrected chi connectivity index (χ1v) is 11.3. The number of aromatic nitrogens is 2. The summed E-state index contributed by atoms with van der Waals surface area (Å²) < 4.78 is 46.2. The number of alkyl halides is 3. The molecule has 0 aliphatic heterocycles. The molecule has 0 spiro atoms. The van der Waals surface area contributed by atoms with Gasteiger partial charge in [0.2, 0.25) is 0 Å². The first-order chi connectivity index (χ1) is 17.2. The lowest BCUT2D eigenvalue weighted by Crippen LogP contribution is -2.60. The molecule has 1 saturated carbocycles. The van der Waals surface area contributed by atoms with Crippen LogP contribution >= 0.6 is 12.2 Å². The fourth-order valence-electron chi connectivity index (χ4n) is 3.90. The summed E-state index contributed by atoms with van der Waals surface area (Å²) in [5.74, 6) is 1.08. The molecule has 1 aliphatic rings. The third kappa shape index (κ3) is 4.85. The lowest BCUT2D eigenvalue weighted by atomic mass is 9.76. The normalized spacial score (nSPS) is 14.2. The third-order valence-electron chi connectivity index (χ3n) is 6.00. The number of carbonyl (C=O) groups excluding carboxylic acids is 1. The Morgan fingerprint density at radius 3 is 2.42 bits per heavy atom. The van der Waals surface area contributed by atoms with Crippen molar-refractivity contribution in [1.29, 1.82) is 5.26 Å². The zero-order valence-electron chi connectivity index (χ0n) is 19.1. The van der Waals surface area contributed by atoms with E-state index < -0.39 is 23.0 Å². The van der Waals surface area contributed by atoms with Crippen molar-refractivity contribution in [2.24, 2.45) is 0 Å². The van der Waals surface area contributed by atoms with Crippen molar-refractivity contribution >= 4 is 35.0 Å². The summed E-state index contributed by atoms with van der Waals surface area (Å²) in [6, 6.07) is 12.7. The molecule has 0 unspecified atom stereocenters. The molecule has 2 aromatic heterocycles. The Balaban J connectivity index is 1.67. The van der Waals surface area contributed by atoms with Crippen LogP contribution in [0.1, 0.15) is 30.5 Å². The second-order valence-corrected chi connectivity index (χ2v) is 8.60. The van der Waals surface area contributed by atoms with E-state index in [1.807, 2.05) is 0 Å². The summed E-state index contributed by atoms with van der Waals surface area (Å²) >= 11 is 5.69. The molecule has 36 heavy (non-hydrogen) atoms. The van der Waals surface area contributed by atoms with Gasteiger partial charge in [0.05, 0.1) is 23.6 Å². The zero-order valence-corrected chi connectivity index (χ0v) is 19.9. The smallest absolute Gasteiger partial charge is 0.419 e. The molecule has 184 valence electrons. The Kier molecular flexibility index (Phi) is 6.90. The molecule has 11 heteroatoms. The number of carbonyl (C=O) groups is 1. The molecule has 1 fully saturated rings. The van der Waals surface area contributed by atoms with Gasteiger partial charge in [-0.2, -0.15) is 18.4 Å². The molecule has 7 nitrogen and oxygen atoms in total. The number of benzene rings is 1. The predicted octanol–water partition coefficient (Wildman–Crippen LogP) is 5.51. The van der Waals surface area contributed by atoms with Crippen molar-refractivity contribution in [3.05, 3.63) is 72.3 Å². The van der Waals surface area contributed by atoms with E-state index in [-0.39, 0.29) is 10.8 Å². The Hall–Kier alpha value is -4.04. The highest BCUT2D eigenvalue weighted by atomic mass is 32.1. The number of pyridine rings is 2. The van der Waals surface area contributed by atoms with Crippen LogP contribution in [0.15, 0.2) is 61.1 Å². The molecular formula is C25H20F3N5O2S. The first kappa shape index (κ1) is 25.1. The van der Waals surface area contributed by atoms with E-state index in [0.29, 0.717) is 30.0 Å². The van der Waals surface area contributed by atoms with E-state index in [4.69, 9.17) is 22.2 Å². The van der Waals surface area contributed by atoms with Crippen molar-refractivity contribution in [3.8, 4) is 17.6 Å². The standard InChI is InChI=1S/C25H20F3N5O2S/c1-32(18-12-21(25(26,27)28)22(13-29)31-14-18)23(36)33(24(16-34)9-3-10-24)17-5-7-19(8-6-17)35-20-4-2-11-30-15-20/h2,4-8,11-12,14-16H,3,9-10H2,1H3. The van der Waals surface area contributed by atoms with Gasteiger partial charge in [-0.1, -0.05) is 0 Å². The van der Waals surface area contributed by atoms with Crippen LogP contribution in [-0.2, 0) is 11.0 Å². The lowest BCUT2D eigenvalue weighted by molar-refractivity contribution is -0.138. The average molecular weight is 512 g/mol. The van der Waals surface area contributed by atoms with Crippen LogP contribution in [0.4, 0.5) is 24.5 Å². The van der Waals surface area contributed by atoms with Crippen molar-refractivity contribution in [2.75, 3.05) is 16.8 Å². The second-order valence-electron chi connectivity index (χ2n) is 8.24. The molecular weight excluding hydrogens is 491 g/mol. The Bertz CT molecular complexity index is 1310. The monoisotopic (exact) mass is 511 g/mol. The first-order valence-electron chi connectivity index (χ1n) is 10.9. The van der Waals surface area contributed by atoms with Crippen molar-refractivity contribution in [2.45, 2.75) is 31.0 Å². The minimum Gasteiger partial charge on any atom is -0.456 e. The molecule has 0 N–H and O–H groups in total. The fraction of sp³-hybridized carbons (Fsp3) is 0.240. The number of rotatable bonds is 6. The molecule has 3 aromatic rings. The summed E-state index contributed by atoms with van der Waals surface area (Å²) in [7, 11) is 1.50. The van der Waals surface area contributed by atoms with Crippen LogP contribution < -0.4 is 14.5 Å². The molecule has 0 atom stereocenters. The maximum absolute atomic E-state index is 13.5. The number of hydrogen-bond donors (Lipinski definition) is 0. The topological polar surface area (TPSA) is 82.3 Å². The van der Waals surface area contributed by atoms with E-state index >= 15 is 0 Å². The molecule has 1 aromatic carbocycles. The van der Waals surface area contributed by atoms with Crippen molar-refractivity contribution in [3.63, 3.8) is 0 Å². The van der Waals surface area contributed by atoms with E-state index in [0.717, 1.165) is 25.0 Å². The van der Waals surface area contributed by atoms with Crippen LogP contribution in [0.2, 0.25) is 0 Å². The van der Waals surface area contributed by atoms with Gasteiger partial charge >= 0.3 is 6.18 Å². The minimum absolute atomic E-state index is 0.0354. The molecule has 2 heterocycles. The van der Waals surface area contributed by atoms with Gasteiger partial charge in [-0.3, -0.25) is 4.98 Å². The Morgan fingerprint density at radius 2 is 1.89 bits per heavy atom. The van der Waals surface area contributed by atoms with Gasteiger partial charge in [0.1, 0.15) is 29.4 Å². The molecule has 0 radical (unpaired) electrons. The highest BCUT2D eigenvalue weighted by Gasteiger charge is 2.45. The molecule has 0 amide bonds. The van der Waals surface area contributed by atoms with E-state index in [1.54, 1.807) is 53.7 Å². The summed E-state index contributed by atoms with van der Waals surface area (Å²) in [6.45, 7) is 0. The van der Waals surface area contributed by atoms with Crippen molar-refractivity contribution < 1.29 is 22.7 Å². The number of aldehydes is 1. The number of thiocarbonyl (C=S) groups is 1. The zero-order chi connectivity index (χ0) is 25.9. The summed E-state index contributed by atoms with van der Waals surface area (Å²) in [5, 5.41) is 9.15. The largest absolute Gasteiger partial charge is 0.456 e. The number of hydrogen-bond acceptors (Lipinski definition) is 6. The van der Waals surface area contributed by atoms with E-state index in [1.165, 1.54) is 18.0 Å². The molecule has 0 saturated heterocycles. The van der Waals surface area contributed by atoms with Gasteiger partial charge in [0.15, 0.2) is 10.8 Å². The predicted molar refractivity (Wildman–Crippen MR) is 131 cm³/mol. The number of nitrogens with zero attached hydrogens (tertiary/aromatic N) is 5. The summed E-state index contributed by atoms with van der Waals surface area (Å²) in [6.07, 6.45) is 2.30. The maximum Gasteiger partial charge on any atom is 0.419 e. The second kappa shape index (κ2) is 9.91. The van der Waals surface area contributed by atoms with Gasteiger partial charge in [-0.05, 0) is 73.9 Å². The lowest BCUT2D eigenvalue weighted by Gasteiger charge is -2.48. The third-order valence-corrected chi connectivity index (χ3v) is 6.46. The number of halogens is 3. The van der Waals surface area contributed by atoms with E-state index in [2.05, 4.69) is 9.97 Å². The average Bonchev–Trinajstić information content (AvgIpc) is 2.85. The molecule has 0 bridgehead atoms. The van der Waals surface area contributed by atoms with Gasteiger partial charge < -0.3 is 19.3 Å². The minimum atomic E-state index is -4.77. The van der Waals surface area contributed by atoms with Crippen LogP contribution in [-0.4, -0.2) is 34.0 Å². The highest BCUT2D eigenvalue weighted by Crippen LogP contribution is 2.41. The van der Waals surface area contributed by atoms with Crippen LogP contribution in [0.3, 0.4) is 0 Å². The van der Waals surface area contributed by atoms with Gasteiger partial charge in [0, 0.05) is 18.9 Å². The Labute approximate surface area is 210 Å². The van der Waals surface area contributed by atoms with Crippen LogP contribution in [0, 0.1) is 11.3 Å².